The molecule has 0 aliphatic carbocycles. The Balaban J connectivity index is 1.40. The molecule has 6 nitrogen and oxygen atoms in total. The number of anilines is 1. The Morgan fingerprint density at radius 2 is 1.84 bits per heavy atom. The third-order valence-corrected chi connectivity index (χ3v) is 8.14. The maximum absolute atomic E-state index is 11.8. The molecular weight excluding hydrogens is 484 g/mol. The van der Waals surface area contributed by atoms with Gasteiger partial charge in [0.2, 0.25) is 0 Å². The molecule has 4 rings (SSSR count). The van der Waals surface area contributed by atoms with Crippen LogP contribution in [0.2, 0.25) is 0 Å². The van der Waals surface area contributed by atoms with Crippen molar-refractivity contribution in [2.45, 2.75) is 78.7 Å². The van der Waals surface area contributed by atoms with Gasteiger partial charge in [0.15, 0.2) is 0 Å². The summed E-state index contributed by atoms with van der Waals surface area (Å²) < 4.78 is 12.8. The predicted octanol–water partition coefficient (Wildman–Crippen LogP) is 7.09. The van der Waals surface area contributed by atoms with Crippen LogP contribution in [0, 0.1) is 20.8 Å². The van der Waals surface area contributed by atoms with E-state index in [0.717, 1.165) is 48.2 Å². The lowest BCUT2D eigenvalue weighted by atomic mass is 9.87. The highest BCUT2D eigenvalue weighted by Gasteiger charge is 2.35. The molecule has 0 aromatic heterocycles. The number of carbonyl (C=O) groups is 2. The van der Waals surface area contributed by atoms with Crippen molar-refractivity contribution in [3.63, 3.8) is 0 Å². The zero-order valence-corrected chi connectivity index (χ0v) is 23.4. The zero-order valence-electron chi connectivity index (χ0n) is 22.6. The van der Waals surface area contributed by atoms with Gasteiger partial charge in [-0.15, -0.1) is 0 Å². The number of unbranched alkanes of at least 4 members (excludes halogenated alkanes) is 3. The van der Waals surface area contributed by atoms with Crippen molar-refractivity contribution in [2.75, 3.05) is 18.5 Å². The molecule has 2 amide bonds. The molecule has 1 saturated heterocycles. The van der Waals surface area contributed by atoms with E-state index in [1.54, 1.807) is 6.08 Å². The van der Waals surface area contributed by atoms with E-state index in [1.165, 1.54) is 53.6 Å². The molecule has 2 aromatic carbocycles. The summed E-state index contributed by atoms with van der Waals surface area (Å²) >= 11 is 0.916. The van der Waals surface area contributed by atoms with Crippen LogP contribution in [0.25, 0.3) is 6.08 Å². The van der Waals surface area contributed by atoms with Crippen molar-refractivity contribution >= 4 is 34.7 Å². The van der Waals surface area contributed by atoms with Crippen LogP contribution < -0.4 is 20.1 Å². The second kappa shape index (κ2) is 11.6. The molecular formula is C30H38N2O4S. The standard InChI is InChI=1S/C30H38N2O4S/c1-6-7-8-9-16-31-26-19(2)20(3)27-24(21(26)4)14-15-30(5,36-27)18-35-23-12-10-22(11-13-23)17-25-28(33)32-29(34)37-25/h10-13,17,31H,6-9,14-16,18H2,1-5H3,(H,32,33,34). The summed E-state index contributed by atoms with van der Waals surface area (Å²) in [4.78, 5) is 23.5. The SMILES string of the molecule is CCCCCCNc1c(C)c(C)c2c(c1C)CCC(C)(COc1ccc(C=C3SC(=O)NC3=O)cc1)O2. The summed E-state index contributed by atoms with van der Waals surface area (Å²) in [5.74, 6) is 1.39. The van der Waals surface area contributed by atoms with Gasteiger partial charge in [0.25, 0.3) is 11.1 Å². The number of ether oxygens (including phenoxy) is 2. The van der Waals surface area contributed by atoms with Crippen LogP contribution in [0.5, 0.6) is 11.5 Å². The molecule has 0 saturated carbocycles. The van der Waals surface area contributed by atoms with E-state index in [9.17, 15) is 9.59 Å². The number of amides is 2. The average Bonchev–Trinajstić information content (AvgIpc) is 3.20. The first-order valence-electron chi connectivity index (χ1n) is 13.2. The number of imide groups is 1. The summed E-state index contributed by atoms with van der Waals surface area (Å²) in [6.45, 7) is 12.4. The molecule has 0 radical (unpaired) electrons. The summed E-state index contributed by atoms with van der Waals surface area (Å²) in [6.07, 6.45) is 8.55. The Kier molecular flexibility index (Phi) is 8.53. The molecule has 1 fully saturated rings. The molecule has 2 aromatic rings. The molecule has 2 aliphatic heterocycles. The highest BCUT2D eigenvalue weighted by Crippen LogP contribution is 2.43. The highest BCUT2D eigenvalue weighted by molar-refractivity contribution is 8.18. The van der Waals surface area contributed by atoms with Gasteiger partial charge in [0.05, 0.1) is 4.91 Å². The van der Waals surface area contributed by atoms with Gasteiger partial charge < -0.3 is 14.8 Å². The second-order valence-corrected chi connectivity index (χ2v) is 11.3. The van der Waals surface area contributed by atoms with Crippen LogP contribution in [0.1, 0.15) is 73.8 Å². The molecule has 0 spiro atoms. The molecule has 0 bridgehead atoms. The van der Waals surface area contributed by atoms with Crippen LogP contribution in [0.3, 0.4) is 0 Å². The quantitative estimate of drug-likeness (QED) is 0.256. The number of carbonyl (C=O) groups excluding carboxylic acids is 2. The number of hydrogen-bond donors (Lipinski definition) is 2. The molecule has 1 atom stereocenters. The van der Waals surface area contributed by atoms with Crippen LogP contribution in [-0.4, -0.2) is 29.9 Å². The second-order valence-electron chi connectivity index (χ2n) is 10.3. The number of hydrogen-bond acceptors (Lipinski definition) is 6. The van der Waals surface area contributed by atoms with E-state index in [4.69, 9.17) is 9.47 Å². The van der Waals surface area contributed by atoms with Gasteiger partial charge in [-0.25, -0.2) is 0 Å². The van der Waals surface area contributed by atoms with E-state index in [1.807, 2.05) is 24.3 Å². The number of rotatable bonds is 10. The number of fused-ring (bicyclic) bond motifs is 1. The lowest BCUT2D eigenvalue weighted by Gasteiger charge is -2.38. The summed E-state index contributed by atoms with van der Waals surface area (Å²) in [5, 5.41) is 5.64. The van der Waals surface area contributed by atoms with Crippen LogP contribution in [0.15, 0.2) is 29.2 Å². The summed E-state index contributed by atoms with van der Waals surface area (Å²) in [6, 6.07) is 7.52. The van der Waals surface area contributed by atoms with Gasteiger partial charge in [-0.2, -0.15) is 0 Å². The van der Waals surface area contributed by atoms with Crippen molar-refractivity contribution in [2.24, 2.45) is 0 Å². The van der Waals surface area contributed by atoms with Crippen LogP contribution in [0.4, 0.5) is 10.5 Å². The Morgan fingerprint density at radius 1 is 1.08 bits per heavy atom. The third kappa shape index (κ3) is 6.32. The van der Waals surface area contributed by atoms with Gasteiger partial charge >= 0.3 is 0 Å². The topological polar surface area (TPSA) is 76.7 Å². The highest BCUT2D eigenvalue weighted by atomic mass is 32.2. The molecule has 37 heavy (non-hydrogen) atoms. The lowest BCUT2D eigenvalue weighted by Crippen LogP contribution is -2.42. The van der Waals surface area contributed by atoms with Gasteiger partial charge in [-0.3, -0.25) is 14.9 Å². The third-order valence-electron chi connectivity index (χ3n) is 7.33. The van der Waals surface area contributed by atoms with Crippen molar-refractivity contribution in [3.8, 4) is 11.5 Å². The monoisotopic (exact) mass is 522 g/mol. The fraction of sp³-hybridized carbons (Fsp3) is 0.467. The van der Waals surface area contributed by atoms with E-state index >= 15 is 0 Å². The molecule has 7 heteroatoms. The fourth-order valence-electron chi connectivity index (χ4n) is 4.91. The van der Waals surface area contributed by atoms with Crippen molar-refractivity contribution in [3.05, 3.63) is 57.0 Å². The summed E-state index contributed by atoms with van der Waals surface area (Å²) in [7, 11) is 0. The predicted molar refractivity (Wildman–Crippen MR) is 152 cm³/mol. The molecule has 1 unspecified atom stereocenters. The first kappa shape index (κ1) is 27.1. The number of benzene rings is 2. The number of nitrogens with one attached hydrogen (secondary N) is 2. The van der Waals surface area contributed by atoms with Gasteiger partial charge in [0.1, 0.15) is 23.7 Å². The van der Waals surface area contributed by atoms with E-state index in [-0.39, 0.29) is 11.1 Å². The average molecular weight is 523 g/mol. The maximum Gasteiger partial charge on any atom is 0.290 e. The minimum absolute atomic E-state index is 0.339. The van der Waals surface area contributed by atoms with Gasteiger partial charge in [-0.1, -0.05) is 38.3 Å². The Labute approximate surface area is 224 Å². The fourth-order valence-corrected chi connectivity index (χ4v) is 5.60. The first-order chi connectivity index (χ1) is 17.7. The molecule has 2 N–H and O–H groups in total. The molecule has 2 heterocycles. The smallest absolute Gasteiger partial charge is 0.290 e. The van der Waals surface area contributed by atoms with E-state index in [2.05, 4.69) is 45.3 Å². The molecule has 198 valence electrons. The van der Waals surface area contributed by atoms with Crippen molar-refractivity contribution in [1.82, 2.24) is 5.32 Å². The van der Waals surface area contributed by atoms with Crippen LogP contribution >= 0.6 is 11.8 Å². The minimum atomic E-state index is -0.425. The lowest BCUT2D eigenvalue weighted by molar-refractivity contribution is -0.115. The maximum atomic E-state index is 11.8. The first-order valence-corrected chi connectivity index (χ1v) is 14.1. The van der Waals surface area contributed by atoms with Crippen LogP contribution in [-0.2, 0) is 11.2 Å². The molecule has 2 aliphatic rings. The van der Waals surface area contributed by atoms with E-state index in [0.29, 0.717) is 11.5 Å². The number of thioether (sulfide) groups is 1. The Bertz CT molecular complexity index is 1210. The normalized spacial score (nSPS) is 20.0. The van der Waals surface area contributed by atoms with Gasteiger partial charge in [0, 0.05) is 12.2 Å². The Hall–Kier alpha value is -2.93. The Morgan fingerprint density at radius 3 is 2.51 bits per heavy atom. The zero-order chi connectivity index (χ0) is 26.6. The van der Waals surface area contributed by atoms with Gasteiger partial charge in [-0.05, 0) is 105 Å². The van der Waals surface area contributed by atoms with E-state index < -0.39 is 5.60 Å². The minimum Gasteiger partial charge on any atom is -0.489 e. The largest absolute Gasteiger partial charge is 0.489 e. The van der Waals surface area contributed by atoms with Crippen molar-refractivity contribution in [1.29, 1.82) is 0 Å². The van der Waals surface area contributed by atoms with Crippen molar-refractivity contribution < 1.29 is 19.1 Å². The summed E-state index contributed by atoms with van der Waals surface area (Å²) in [5.41, 5.74) is 6.75.